The van der Waals surface area contributed by atoms with Crippen molar-refractivity contribution in [2.75, 3.05) is 18.2 Å². The highest BCUT2D eigenvalue weighted by molar-refractivity contribution is 9.10. The molecule has 0 aliphatic heterocycles. The number of anilines is 3. The van der Waals surface area contributed by atoms with Crippen LogP contribution in [0, 0.1) is 0 Å². The van der Waals surface area contributed by atoms with E-state index in [1.165, 1.54) is 0 Å². The highest BCUT2D eigenvalue weighted by Crippen LogP contribution is 2.29. The number of nitrogens with two attached hydrogens (primary N) is 1. The highest BCUT2D eigenvalue weighted by Gasteiger charge is 2.05. The topological polar surface area (TPSA) is 73.1 Å². The SMILES string of the molecule is COc1ccc(Br)c(Nc2cc(Cl)nc(N)n2)c1. The fraction of sp³-hybridized carbons (Fsp3) is 0.0909. The molecular formula is C11H10BrClN4O. The molecule has 5 nitrogen and oxygen atoms in total. The third kappa shape index (κ3) is 3.02. The predicted octanol–water partition coefficient (Wildman–Crippen LogP) is 3.23. The lowest BCUT2D eigenvalue weighted by Crippen LogP contribution is -2.00. The van der Waals surface area contributed by atoms with Crippen LogP contribution in [-0.2, 0) is 0 Å². The van der Waals surface area contributed by atoms with E-state index in [1.54, 1.807) is 13.2 Å². The molecule has 18 heavy (non-hydrogen) atoms. The molecule has 0 aliphatic rings. The smallest absolute Gasteiger partial charge is 0.223 e. The van der Waals surface area contributed by atoms with Crippen molar-refractivity contribution in [2.45, 2.75) is 0 Å². The van der Waals surface area contributed by atoms with Crippen molar-refractivity contribution in [1.82, 2.24) is 9.97 Å². The number of halogens is 2. The van der Waals surface area contributed by atoms with Gasteiger partial charge in [-0.1, -0.05) is 11.6 Å². The molecule has 0 fully saturated rings. The molecule has 2 aromatic rings. The molecule has 0 amide bonds. The maximum absolute atomic E-state index is 5.81. The van der Waals surface area contributed by atoms with Crippen molar-refractivity contribution in [3.8, 4) is 5.75 Å². The van der Waals surface area contributed by atoms with E-state index in [1.807, 2.05) is 18.2 Å². The maximum Gasteiger partial charge on any atom is 0.223 e. The van der Waals surface area contributed by atoms with Crippen LogP contribution < -0.4 is 15.8 Å². The molecule has 0 bridgehead atoms. The normalized spacial score (nSPS) is 10.2. The van der Waals surface area contributed by atoms with Gasteiger partial charge in [0.2, 0.25) is 5.95 Å². The lowest BCUT2D eigenvalue weighted by atomic mass is 10.3. The zero-order chi connectivity index (χ0) is 13.1. The van der Waals surface area contributed by atoms with Gasteiger partial charge in [-0.15, -0.1) is 0 Å². The third-order valence-corrected chi connectivity index (χ3v) is 3.03. The number of methoxy groups -OCH3 is 1. The molecule has 0 spiro atoms. The van der Waals surface area contributed by atoms with E-state index in [0.29, 0.717) is 5.82 Å². The van der Waals surface area contributed by atoms with Crippen molar-refractivity contribution in [3.05, 3.63) is 33.9 Å². The van der Waals surface area contributed by atoms with Gasteiger partial charge >= 0.3 is 0 Å². The fourth-order valence-corrected chi connectivity index (χ4v) is 1.90. The third-order valence-electron chi connectivity index (χ3n) is 2.15. The lowest BCUT2D eigenvalue weighted by molar-refractivity contribution is 0.415. The largest absolute Gasteiger partial charge is 0.497 e. The second-order valence-electron chi connectivity index (χ2n) is 3.40. The Kier molecular flexibility index (Phi) is 3.88. The average molecular weight is 330 g/mol. The number of nitrogens with zero attached hydrogens (tertiary/aromatic N) is 2. The van der Waals surface area contributed by atoms with Crippen LogP contribution >= 0.6 is 27.5 Å². The maximum atomic E-state index is 5.81. The van der Waals surface area contributed by atoms with Gasteiger partial charge in [-0.3, -0.25) is 0 Å². The first-order valence-corrected chi connectivity index (χ1v) is 6.16. The Morgan fingerprint density at radius 1 is 1.33 bits per heavy atom. The minimum atomic E-state index is 0.115. The number of benzene rings is 1. The van der Waals surface area contributed by atoms with Crippen molar-refractivity contribution in [3.63, 3.8) is 0 Å². The molecule has 1 aromatic heterocycles. The number of hydrogen-bond donors (Lipinski definition) is 2. The van der Waals surface area contributed by atoms with Gasteiger partial charge in [0.25, 0.3) is 0 Å². The van der Waals surface area contributed by atoms with Crippen molar-refractivity contribution in [2.24, 2.45) is 0 Å². The van der Waals surface area contributed by atoms with Crippen LogP contribution in [0.1, 0.15) is 0 Å². The Balaban J connectivity index is 2.33. The van der Waals surface area contributed by atoms with Crippen molar-refractivity contribution >= 4 is 45.0 Å². The zero-order valence-electron chi connectivity index (χ0n) is 9.45. The second kappa shape index (κ2) is 5.41. The second-order valence-corrected chi connectivity index (χ2v) is 4.65. The molecule has 0 saturated carbocycles. The Hall–Kier alpha value is -1.53. The molecule has 2 rings (SSSR count). The summed E-state index contributed by atoms with van der Waals surface area (Å²) in [6, 6.07) is 7.13. The summed E-state index contributed by atoms with van der Waals surface area (Å²) in [6.07, 6.45) is 0. The van der Waals surface area contributed by atoms with Crippen molar-refractivity contribution in [1.29, 1.82) is 0 Å². The highest BCUT2D eigenvalue weighted by atomic mass is 79.9. The first-order valence-electron chi connectivity index (χ1n) is 4.99. The van der Waals surface area contributed by atoms with Crippen LogP contribution in [0.5, 0.6) is 5.75 Å². The van der Waals surface area contributed by atoms with Crippen molar-refractivity contribution < 1.29 is 4.74 Å². The van der Waals surface area contributed by atoms with E-state index in [0.717, 1.165) is 15.9 Å². The van der Waals surface area contributed by atoms with Crippen LogP contribution in [0.2, 0.25) is 5.15 Å². The summed E-state index contributed by atoms with van der Waals surface area (Å²) in [4.78, 5) is 7.82. The van der Waals surface area contributed by atoms with Gasteiger partial charge in [0.15, 0.2) is 0 Å². The number of nitrogen functional groups attached to an aromatic ring is 1. The summed E-state index contributed by atoms with van der Waals surface area (Å²) < 4.78 is 6.02. The number of aromatic nitrogens is 2. The van der Waals surface area contributed by atoms with Gasteiger partial charge in [-0.05, 0) is 28.1 Å². The number of nitrogens with one attached hydrogen (secondary N) is 1. The van der Waals surface area contributed by atoms with Gasteiger partial charge in [0.05, 0.1) is 12.8 Å². The summed E-state index contributed by atoms with van der Waals surface area (Å²) >= 11 is 9.24. The lowest BCUT2D eigenvalue weighted by Gasteiger charge is -2.10. The summed E-state index contributed by atoms with van der Waals surface area (Å²) in [6.45, 7) is 0. The van der Waals surface area contributed by atoms with Gasteiger partial charge < -0.3 is 15.8 Å². The molecule has 1 heterocycles. The van der Waals surface area contributed by atoms with Gasteiger partial charge in [0, 0.05) is 16.6 Å². The fourth-order valence-electron chi connectivity index (χ4n) is 1.36. The van der Waals surface area contributed by atoms with E-state index in [4.69, 9.17) is 22.1 Å². The van der Waals surface area contributed by atoms with Gasteiger partial charge in [0.1, 0.15) is 16.7 Å². The summed E-state index contributed by atoms with van der Waals surface area (Å²) in [7, 11) is 1.60. The van der Waals surface area contributed by atoms with Crippen LogP contribution in [-0.4, -0.2) is 17.1 Å². The summed E-state index contributed by atoms with van der Waals surface area (Å²) in [5.74, 6) is 1.36. The number of ether oxygens (including phenoxy) is 1. The molecule has 0 radical (unpaired) electrons. The molecule has 0 unspecified atom stereocenters. The quantitative estimate of drug-likeness (QED) is 0.846. The van der Waals surface area contributed by atoms with E-state index in [2.05, 4.69) is 31.2 Å². The molecule has 94 valence electrons. The Labute approximate surface area is 117 Å². The summed E-state index contributed by atoms with van der Waals surface area (Å²) in [5.41, 5.74) is 6.32. The predicted molar refractivity (Wildman–Crippen MR) is 75.4 cm³/mol. The number of rotatable bonds is 3. The van der Waals surface area contributed by atoms with Crippen LogP contribution in [0.3, 0.4) is 0 Å². The standard InChI is InChI=1S/C11H10BrClN4O/c1-18-6-2-3-7(12)8(4-6)15-10-5-9(13)16-11(14)17-10/h2-5H,1H3,(H3,14,15,16,17). The van der Waals surface area contributed by atoms with E-state index >= 15 is 0 Å². The first-order chi connectivity index (χ1) is 8.58. The van der Waals surface area contributed by atoms with Gasteiger partial charge in [-0.25, -0.2) is 4.98 Å². The molecular weight excluding hydrogens is 320 g/mol. The van der Waals surface area contributed by atoms with E-state index in [-0.39, 0.29) is 11.1 Å². The van der Waals surface area contributed by atoms with E-state index in [9.17, 15) is 0 Å². The average Bonchev–Trinajstić information content (AvgIpc) is 2.30. The Bertz CT molecular complexity index is 559. The molecule has 3 N–H and O–H groups in total. The molecule has 7 heteroatoms. The van der Waals surface area contributed by atoms with Crippen LogP contribution in [0.15, 0.2) is 28.7 Å². The zero-order valence-corrected chi connectivity index (χ0v) is 11.8. The first kappa shape index (κ1) is 12.9. The van der Waals surface area contributed by atoms with Crippen LogP contribution in [0.4, 0.5) is 17.5 Å². The van der Waals surface area contributed by atoms with Gasteiger partial charge in [-0.2, -0.15) is 4.98 Å². The number of hydrogen-bond acceptors (Lipinski definition) is 5. The summed E-state index contributed by atoms with van der Waals surface area (Å²) in [5, 5.41) is 3.37. The Morgan fingerprint density at radius 2 is 2.11 bits per heavy atom. The van der Waals surface area contributed by atoms with Crippen LogP contribution in [0.25, 0.3) is 0 Å². The minimum absolute atomic E-state index is 0.115. The molecule has 0 aliphatic carbocycles. The molecule has 0 saturated heterocycles. The molecule has 1 aromatic carbocycles. The van der Waals surface area contributed by atoms with E-state index < -0.39 is 0 Å². The molecule has 0 atom stereocenters. The minimum Gasteiger partial charge on any atom is -0.497 e. The monoisotopic (exact) mass is 328 g/mol. The Morgan fingerprint density at radius 3 is 2.78 bits per heavy atom.